The van der Waals surface area contributed by atoms with E-state index in [0.717, 1.165) is 38.5 Å². The smallest absolute Gasteiger partial charge is 0.278 e. The fourth-order valence-electron chi connectivity index (χ4n) is 7.45. The van der Waals surface area contributed by atoms with Gasteiger partial charge in [-0.25, -0.2) is 0 Å². The summed E-state index contributed by atoms with van der Waals surface area (Å²) in [5, 5.41) is 14.5. The Hall–Kier alpha value is -0.736. The number of allylic oxidation sites excluding steroid dienone is 3. The van der Waals surface area contributed by atoms with E-state index in [1.165, 1.54) is 5.57 Å². The summed E-state index contributed by atoms with van der Waals surface area (Å²) < 4.78 is 13.7. The minimum absolute atomic E-state index is 0.0462. The molecule has 7 heteroatoms. The second-order valence-electron chi connectivity index (χ2n) is 16.3. The van der Waals surface area contributed by atoms with Crippen molar-refractivity contribution in [3.05, 3.63) is 23.8 Å². The van der Waals surface area contributed by atoms with Gasteiger partial charge in [-0.15, -0.1) is 0 Å². The standard InChI is InChI=1S/C35H67NO4Si2/c1-14-15-20-36-32(38)35(39-41(10)11,40-42(12)13)30(34(7,8)9)23-27(33(4,5)6)18-19-28-25(3)16-17-26-21-24(2)22-29(37)31(26)28/h16-17,21,24-25,27-31,37,41-42H,14-15,18-20,22-23H2,1-13H3,(H,36,38)/t24-,25-,27+,28-,29-,30+,31-/m0/s1. The second-order valence-corrected chi connectivity index (χ2v) is 20.9. The van der Waals surface area contributed by atoms with Crippen LogP contribution in [0, 0.1) is 46.3 Å². The quantitative estimate of drug-likeness (QED) is 0.118. The lowest BCUT2D eigenvalue weighted by molar-refractivity contribution is -0.203. The lowest BCUT2D eigenvalue weighted by atomic mass is 9.62. The molecule has 2 N–H and O–H groups in total. The minimum Gasteiger partial charge on any atom is -0.392 e. The zero-order valence-electron chi connectivity index (χ0n) is 29.5. The van der Waals surface area contributed by atoms with E-state index in [9.17, 15) is 9.90 Å². The molecular formula is C35H67NO4Si2. The molecule has 5 nitrogen and oxygen atoms in total. The maximum absolute atomic E-state index is 14.2. The summed E-state index contributed by atoms with van der Waals surface area (Å²) in [5.74, 6) is 0.421. The number of carbonyl (C=O) groups excluding carboxylic acids is 1. The van der Waals surface area contributed by atoms with Gasteiger partial charge < -0.3 is 19.3 Å². The molecule has 2 aliphatic rings. The second kappa shape index (κ2) is 15.5. The Labute approximate surface area is 263 Å². The number of unbranched alkanes of at least 4 members (excludes halogenated alkanes) is 1. The molecule has 0 saturated carbocycles. The van der Waals surface area contributed by atoms with Gasteiger partial charge in [0.15, 0.2) is 18.1 Å². The van der Waals surface area contributed by atoms with Crippen LogP contribution in [0.15, 0.2) is 23.8 Å². The fraction of sp³-hybridized carbons (Fsp3) is 0.857. The van der Waals surface area contributed by atoms with Gasteiger partial charge in [-0.3, -0.25) is 4.79 Å². The Balaban J connectivity index is 2.49. The van der Waals surface area contributed by atoms with Crippen LogP contribution in [-0.2, 0) is 13.6 Å². The molecule has 0 fully saturated rings. The number of rotatable bonds is 14. The van der Waals surface area contributed by atoms with E-state index in [0.29, 0.717) is 30.2 Å². The molecule has 2 aliphatic carbocycles. The van der Waals surface area contributed by atoms with Crippen LogP contribution in [0.4, 0.5) is 0 Å². The highest BCUT2D eigenvalue weighted by atomic mass is 28.3. The minimum atomic E-state index is -1.65. The Morgan fingerprint density at radius 2 is 1.64 bits per heavy atom. The van der Waals surface area contributed by atoms with E-state index >= 15 is 0 Å². The molecule has 0 aliphatic heterocycles. The summed E-state index contributed by atoms with van der Waals surface area (Å²) in [6.45, 7) is 29.8. The van der Waals surface area contributed by atoms with Gasteiger partial charge in [-0.1, -0.05) is 87.0 Å². The summed E-state index contributed by atoms with van der Waals surface area (Å²) in [7, 11) is -3.30. The van der Waals surface area contributed by atoms with Gasteiger partial charge >= 0.3 is 0 Å². The molecule has 1 amide bonds. The predicted octanol–water partition coefficient (Wildman–Crippen LogP) is 7.86. The number of nitrogens with one attached hydrogen (secondary N) is 1. The van der Waals surface area contributed by atoms with Crippen molar-refractivity contribution in [1.29, 1.82) is 0 Å². The molecule has 244 valence electrons. The van der Waals surface area contributed by atoms with Crippen molar-refractivity contribution in [2.45, 2.75) is 139 Å². The highest BCUT2D eigenvalue weighted by Gasteiger charge is 2.54. The number of fused-ring (bicyclic) bond motifs is 1. The number of aliphatic hydroxyl groups excluding tert-OH is 1. The average molecular weight is 622 g/mol. The van der Waals surface area contributed by atoms with E-state index in [-0.39, 0.29) is 34.7 Å². The van der Waals surface area contributed by atoms with Crippen molar-refractivity contribution in [2.24, 2.45) is 46.3 Å². The van der Waals surface area contributed by atoms with Crippen molar-refractivity contribution >= 4 is 24.0 Å². The van der Waals surface area contributed by atoms with Gasteiger partial charge in [0.05, 0.1) is 6.10 Å². The molecule has 0 bridgehead atoms. The van der Waals surface area contributed by atoms with E-state index in [2.05, 4.69) is 112 Å². The van der Waals surface area contributed by atoms with Crippen molar-refractivity contribution in [3.63, 3.8) is 0 Å². The third kappa shape index (κ3) is 9.88. The number of carbonyl (C=O) groups is 1. The van der Waals surface area contributed by atoms with Crippen molar-refractivity contribution in [2.75, 3.05) is 6.54 Å². The third-order valence-corrected chi connectivity index (χ3v) is 11.3. The average Bonchev–Trinajstić information content (AvgIpc) is 2.82. The molecule has 7 atom stereocenters. The van der Waals surface area contributed by atoms with Crippen molar-refractivity contribution in [1.82, 2.24) is 5.32 Å². The molecule has 0 aromatic heterocycles. The molecule has 0 radical (unpaired) electrons. The highest BCUT2D eigenvalue weighted by Crippen LogP contribution is 2.49. The van der Waals surface area contributed by atoms with Crippen LogP contribution >= 0.6 is 0 Å². The topological polar surface area (TPSA) is 67.8 Å². The van der Waals surface area contributed by atoms with Gasteiger partial charge in [0.1, 0.15) is 0 Å². The maximum atomic E-state index is 14.2. The molecule has 0 saturated heterocycles. The fourth-order valence-corrected chi connectivity index (χ4v) is 9.62. The van der Waals surface area contributed by atoms with Crippen LogP contribution in [0.25, 0.3) is 0 Å². The number of hydrogen-bond acceptors (Lipinski definition) is 4. The molecule has 42 heavy (non-hydrogen) atoms. The van der Waals surface area contributed by atoms with Crippen molar-refractivity contribution < 1.29 is 18.8 Å². The van der Waals surface area contributed by atoms with E-state index in [4.69, 9.17) is 8.85 Å². The number of hydrogen-bond donors (Lipinski definition) is 2. The first-order valence-corrected chi connectivity index (χ1v) is 22.6. The Bertz CT molecular complexity index is 907. The molecular weight excluding hydrogens is 555 g/mol. The Morgan fingerprint density at radius 1 is 1.05 bits per heavy atom. The first kappa shape index (κ1) is 37.5. The molecule has 2 rings (SSSR count). The summed E-state index contributed by atoms with van der Waals surface area (Å²) in [6, 6.07) is 0. The van der Waals surface area contributed by atoms with Crippen LogP contribution in [0.3, 0.4) is 0 Å². The monoisotopic (exact) mass is 621 g/mol. The summed E-state index contributed by atoms with van der Waals surface area (Å²) in [4.78, 5) is 14.2. The van der Waals surface area contributed by atoms with Gasteiger partial charge in [0, 0.05) is 18.4 Å². The zero-order chi connectivity index (χ0) is 32.0. The molecule has 0 heterocycles. The van der Waals surface area contributed by atoms with Gasteiger partial charge in [0.25, 0.3) is 5.91 Å². The molecule has 0 spiro atoms. The van der Waals surface area contributed by atoms with Gasteiger partial charge in [0.2, 0.25) is 5.79 Å². The number of amides is 1. The van der Waals surface area contributed by atoms with Crippen LogP contribution in [-0.4, -0.2) is 47.5 Å². The Kier molecular flexibility index (Phi) is 13.8. The van der Waals surface area contributed by atoms with Gasteiger partial charge in [-0.2, -0.15) is 0 Å². The first-order valence-electron chi connectivity index (χ1n) is 17.0. The summed E-state index contributed by atoms with van der Waals surface area (Å²) in [5.41, 5.74) is 1.17. The summed E-state index contributed by atoms with van der Waals surface area (Å²) >= 11 is 0. The van der Waals surface area contributed by atoms with Crippen LogP contribution < -0.4 is 5.32 Å². The first-order chi connectivity index (χ1) is 19.3. The normalized spacial score (nSPS) is 26.7. The van der Waals surface area contributed by atoms with Crippen LogP contribution in [0.2, 0.25) is 26.2 Å². The largest absolute Gasteiger partial charge is 0.392 e. The van der Waals surface area contributed by atoms with Crippen LogP contribution in [0.5, 0.6) is 0 Å². The molecule has 0 aromatic carbocycles. The predicted molar refractivity (Wildman–Crippen MR) is 183 cm³/mol. The number of aliphatic hydroxyl groups is 1. The van der Waals surface area contributed by atoms with E-state index < -0.39 is 23.9 Å². The molecule has 0 unspecified atom stereocenters. The lowest BCUT2D eigenvalue weighted by Gasteiger charge is -2.50. The summed E-state index contributed by atoms with van der Waals surface area (Å²) in [6.07, 6.45) is 12.5. The zero-order valence-corrected chi connectivity index (χ0v) is 31.9. The maximum Gasteiger partial charge on any atom is 0.278 e. The van der Waals surface area contributed by atoms with E-state index in [1.54, 1.807) is 0 Å². The Morgan fingerprint density at radius 3 is 2.14 bits per heavy atom. The lowest BCUT2D eigenvalue weighted by Crippen LogP contribution is -2.62. The SMILES string of the molecule is CCCCNC(=O)C(O[SiH](C)C)(O[SiH](C)C)[C@H](C[C@@H](CC[C@@H]1[C@@H]2C(=C[C@H](C)C[C@@H]2O)C=C[C@@H]1C)C(C)(C)C)C(C)(C)C. The van der Waals surface area contributed by atoms with E-state index in [1.807, 2.05) is 0 Å². The van der Waals surface area contributed by atoms with Crippen LogP contribution in [0.1, 0.15) is 101 Å². The van der Waals surface area contributed by atoms with Crippen molar-refractivity contribution in [3.8, 4) is 0 Å². The highest BCUT2D eigenvalue weighted by molar-refractivity contribution is 6.50. The molecule has 0 aromatic rings. The van der Waals surface area contributed by atoms with Gasteiger partial charge in [-0.05, 0) is 98.4 Å². The third-order valence-electron chi connectivity index (χ3n) is 9.67.